The minimum Gasteiger partial charge on any atom is -0.302 e. The van der Waals surface area contributed by atoms with E-state index < -0.39 is 23.3 Å². The van der Waals surface area contributed by atoms with E-state index in [-0.39, 0.29) is 17.8 Å². The first kappa shape index (κ1) is 12.2. The van der Waals surface area contributed by atoms with Crippen molar-refractivity contribution in [3.8, 4) is 0 Å². The van der Waals surface area contributed by atoms with Gasteiger partial charge in [0, 0.05) is 17.9 Å². The number of Topliss-reactive ketones (excluding diaryl/α,β-unsaturated/α-hetero) is 1. The molecule has 90 valence electrons. The zero-order chi connectivity index (χ0) is 12.6. The second kappa shape index (κ2) is 4.52. The highest BCUT2D eigenvalue weighted by Crippen LogP contribution is 2.32. The van der Waals surface area contributed by atoms with Crippen LogP contribution in [0, 0.1) is 11.6 Å². The molecule has 0 spiro atoms. The monoisotopic (exact) mass is 303 g/mol. The lowest BCUT2D eigenvalue weighted by atomic mass is 10.1. The van der Waals surface area contributed by atoms with Gasteiger partial charge in [-0.25, -0.2) is 8.78 Å². The maximum absolute atomic E-state index is 13.6. The molecule has 3 nitrogen and oxygen atoms in total. The van der Waals surface area contributed by atoms with Crippen molar-refractivity contribution in [2.75, 3.05) is 16.8 Å². The van der Waals surface area contributed by atoms with E-state index in [4.69, 9.17) is 0 Å². The summed E-state index contributed by atoms with van der Waals surface area (Å²) >= 11 is 3.19. The Morgan fingerprint density at radius 1 is 1.24 bits per heavy atom. The number of fused-ring (bicyclic) bond motifs is 1. The van der Waals surface area contributed by atoms with E-state index in [0.717, 1.165) is 11.0 Å². The van der Waals surface area contributed by atoms with Crippen molar-refractivity contribution in [2.24, 2.45) is 0 Å². The van der Waals surface area contributed by atoms with Gasteiger partial charge >= 0.3 is 0 Å². The van der Waals surface area contributed by atoms with Crippen LogP contribution in [0.15, 0.2) is 12.1 Å². The van der Waals surface area contributed by atoms with Crippen molar-refractivity contribution in [1.82, 2.24) is 0 Å². The highest BCUT2D eigenvalue weighted by atomic mass is 79.9. The zero-order valence-corrected chi connectivity index (χ0v) is 10.3. The number of benzene rings is 1. The molecule has 0 bridgehead atoms. The first-order valence-electron chi connectivity index (χ1n) is 4.97. The number of halogens is 3. The average Bonchev–Trinajstić information content (AvgIpc) is 2.51. The van der Waals surface area contributed by atoms with Gasteiger partial charge in [-0.3, -0.25) is 9.59 Å². The molecule has 0 saturated heterocycles. The largest absolute Gasteiger partial charge is 0.302 e. The Morgan fingerprint density at radius 2 is 1.94 bits per heavy atom. The average molecular weight is 304 g/mol. The standard InChI is InChI=1S/C11H8BrF2NO2/c12-2-1-3-15-9-7(10(16)11(15)17)4-6(13)5-8(9)14/h4-5H,1-3H2. The van der Waals surface area contributed by atoms with Crippen LogP contribution in [0.25, 0.3) is 0 Å². The fraction of sp³-hybridized carbons (Fsp3) is 0.273. The number of rotatable bonds is 3. The molecule has 0 radical (unpaired) electrons. The Balaban J connectivity index is 2.48. The van der Waals surface area contributed by atoms with Gasteiger partial charge in [0.25, 0.3) is 11.7 Å². The molecule has 1 aromatic carbocycles. The molecule has 1 aromatic rings. The van der Waals surface area contributed by atoms with Gasteiger partial charge in [-0.05, 0) is 12.5 Å². The van der Waals surface area contributed by atoms with Crippen LogP contribution in [0.1, 0.15) is 16.8 Å². The van der Waals surface area contributed by atoms with Crippen molar-refractivity contribution < 1.29 is 18.4 Å². The summed E-state index contributed by atoms with van der Waals surface area (Å²) in [4.78, 5) is 24.2. The maximum Gasteiger partial charge on any atom is 0.299 e. The molecule has 1 amide bonds. The molecular weight excluding hydrogens is 296 g/mol. The van der Waals surface area contributed by atoms with Crippen LogP contribution in [0.2, 0.25) is 0 Å². The van der Waals surface area contributed by atoms with Crippen LogP contribution in [-0.4, -0.2) is 23.6 Å². The van der Waals surface area contributed by atoms with Crippen LogP contribution in [0.4, 0.5) is 14.5 Å². The summed E-state index contributed by atoms with van der Waals surface area (Å²) in [6, 6.07) is 1.57. The first-order valence-corrected chi connectivity index (χ1v) is 6.09. The molecule has 17 heavy (non-hydrogen) atoms. The van der Waals surface area contributed by atoms with Crippen molar-refractivity contribution in [3.05, 3.63) is 29.3 Å². The van der Waals surface area contributed by atoms with Crippen LogP contribution in [0.3, 0.4) is 0 Å². The van der Waals surface area contributed by atoms with Crippen LogP contribution >= 0.6 is 15.9 Å². The number of ketones is 1. The van der Waals surface area contributed by atoms with E-state index in [1.807, 2.05) is 0 Å². The van der Waals surface area contributed by atoms with Gasteiger partial charge < -0.3 is 4.90 Å². The van der Waals surface area contributed by atoms with E-state index in [1.165, 1.54) is 0 Å². The SMILES string of the molecule is O=C1C(=O)N(CCCBr)c2c(F)cc(F)cc21. The highest BCUT2D eigenvalue weighted by Gasteiger charge is 2.38. The van der Waals surface area contributed by atoms with Crippen LogP contribution in [0.5, 0.6) is 0 Å². The lowest BCUT2D eigenvalue weighted by Gasteiger charge is -2.16. The molecular formula is C11H8BrF2NO2. The topological polar surface area (TPSA) is 37.4 Å². The molecule has 1 aliphatic heterocycles. The zero-order valence-electron chi connectivity index (χ0n) is 8.67. The first-order chi connectivity index (χ1) is 8.06. The fourth-order valence-electron chi connectivity index (χ4n) is 1.78. The Bertz CT molecular complexity index is 504. The fourth-order valence-corrected chi connectivity index (χ4v) is 2.03. The van der Waals surface area contributed by atoms with Gasteiger partial charge in [0.2, 0.25) is 0 Å². The third kappa shape index (κ3) is 1.97. The summed E-state index contributed by atoms with van der Waals surface area (Å²) in [5.74, 6) is -3.39. The Morgan fingerprint density at radius 3 is 2.59 bits per heavy atom. The van der Waals surface area contributed by atoms with Crippen molar-refractivity contribution in [1.29, 1.82) is 0 Å². The molecule has 6 heteroatoms. The summed E-state index contributed by atoms with van der Waals surface area (Å²) in [5.41, 5.74) is -0.301. The minimum atomic E-state index is -0.881. The number of hydrogen-bond donors (Lipinski definition) is 0. The normalized spacial score (nSPS) is 14.4. The predicted molar refractivity (Wildman–Crippen MR) is 61.5 cm³/mol. The molecule has 0 unspecified atom stereocenters. The summed E-state index contributed by atoms with van der Waals surface area (Å²) in [6.07, 6.45) is 0.579. The van der Waals surface area contributed by atoms with Gasteiger partial charge in [0.1, 0.15) is 5.82 Å². The van der Waals surface area contributed by atoms with E-state index in [2.05, 4.69) is 15.9 Å². The molecule has 0 fully saturated rings. The van der Waals surface area contributed by atoms with Crippen molar-refractivity contribution >= 4 is 33.3 Å². The number of amides is 1. The van der Waals surface area contributed by atoms with Gasteiger partial charge in [0.05, 0.1) is 11.3 Å². The molecule has 0 atom stereocenters. The van der Waals surface area contributed by atoms with Gasteiger partial charge in [0.15, 0.2) is 5.82 Å². The van der Waals surface area contributed by atoms with Crippen LogP contribution in [-0.2, 0) is 4.79 Å². The number of carbonyl (C=O) groups is 2. The second-order valence-corrected chi connectivity index (χ2v) is 4.41. The molecule has 0 aromatic heterocycles. The van der Waals surface area contributed by atoms with Crippen molar-refractivity contribution in [3.63, 3.8) is 0 Å². The minimum absolute atomic E-state index is 0.109. The van der Waals surface area contributed by atoms with E-state index in [1.54, 1.807) is 0 Å². The number of carbonyl (C=O) groups excluding carboxylic acids is 2. The molecule has 1 aliphatic rings. The smallest absolute Gasteiger partial charge is 0.299 e. The maximum atomic E-state index is 13.6. The summed E-state index contributed by atoms with van der Waals surface area (Å²) < 4.78 is 26.6. The molecule has 1 heterocycles. The molecule has 0 saturated carbocycles. The number of anilines is 1. The second-order valence-electron chi connectivity index (χ2n) is 3.61. The Labute approximate surface area is 105 Å². The Hall–Kier alpha value is -1.30. The lowest BCUT2D eigenvalue weighted by molar-refractivity contribution is -0.114. The summed E-state index contributed by atoms with van der Waals surface area (Å²) in [6.45, 7) is 0.228. The van der Waals surface area contributed by atoms with Gasteiger partial charge in [-0.1, -0.05) is 15.9 Å². The van der Waals surface area contributed by atoms with Gasteiger partial charge in [-0.2, -0.15) is 0 Å². The molecule has 0 N–H and O–H groups in total. The van der Waals surface area contributed by atoms with E-state index in [9.17, 15) is 18.4 Å². The molecule has 0 aliphatic carbocycles. The number of alkyl halides is 1. The molecule has 2 rings (SSSR count). The lowest BCUT2D eigenvalue weighted by Crippen LogP contribution is -2.31. The third-order valence-electron chi connectivity index (χ3n) is 2.50. The summed E-state index contributed by atoms with van der Waals surface area (Å²) in [5, 5.41) is 0.628. The van der Waals surface area contributed by atoms with Gasteiger partial charge in [-0.15, -0.1) is 0 Å². The third-order valence-corrected chi connectivity index (χ3v) is 3.06. The van der Waals surface area contributed by atoms with Crippen LogP contribution < -0.4 is 4.90 Å². The number of nitrogens with zero attached hydrogens (tertiary/aromatic N) is 1. The quantitative estimate of drug-likeness (QED) is 0.634. The predicted octanol–water partition coefficient (Wildman–Crippen LogP) is 2.28. The summed E-state index contributed by atoms with van der Waals surface area (Å²) in [7, 11) is 0. The van der Waals surface area contributed by atoms with E-state index >= 15 is 0 Å². The highest BCUT2D eigenvalue weighted by molar-refractivity contribution is 9.09. The Kier molecular flexibility index (Phi) is 3.24. The number of hydrogen-bond acceptors (Lipinski definition) is 2. The van der Waals surface area contributed by atoms with Crippen molar-refractivity contribution in [2.45, 2.75) is 6.42 Å². The van der Waals surface area contributed by atoms with E-state index in [0.29, 0.717) is 17.8 Å².